The SMILES string of the molecule is CNC(C)(C(N)=O)c1ccc(C(C)(C)C)cc1. The molecule has 0 heterocycles. The van der Waals surface area contributed by atoms with Gasteiger partial charge in [0.05, 0.1) is 0 Å². The van der Waals surface area contributed by atoms with Gasteiger partial charge in [-0.1, -0.05) is 45.0 Å². The quantitative estimate of drug-likeness (QED) is 0.839. The first-order chi connectivity index (χ1) is 7.71. The highest BCUT2D eigenvalue weighted by atomic mass is 16.1. The summed E-state index contributed by atoms with van der Waals surface area (Å²) in [5.41, 5.74) is 6.87. The molecule has 1 unspecified atom stereocenters. The van der Waals surface area contributed by atoms with Crippen molar-refractivity contribution in [1.82, 2.24) is 5.32 Å². The minimum absolute atomic E-state index is 0.112. The predicted molar refractivity (Wildman–Crippen MR) is 70.7 cm³/mol. The summed E-state index contributed by atoms with van der Waals surface area (Å²) in [6, 6.07) is 8.02. The monoisotopic (exact) mass is 234 g/mol. The van der Waals surface area contributed by atoms with E-state index in [2.05, 4.69) is 26.1 Å². The standard InChI is InChI=1S/C14H22N2O/c1-13(2,3)10-6-8-11(9-7-10)14(4,16-5)12(15)17/h6-9,16H,1-5H3,(H2,15,17). The lowest BCUT2D eigenvalue weighted by molar-refractivity contribution is -0.123. The first kappa shape index (κ1) is 13.7. The normalized spacial score (nSPS) is 15.4. The Morgan fingerprint density at radius 1 is 1.06 bits per heavy atom. The molecule has 0 aliphatic heterocycles. The summed E-state index contributed by atoms with van der Waals surface area (Å²) in [5, 5.41) is 2.98. The maximum atomic E-state index is 11.5. The van der Waals surface area contributed by atoms with Gasteiger partial charge in [0.1, 0.15) is 5.54 Å². The van der Waals surface area contributed by atoms with Crippen LogP contribution < -0.4 is 11.1 Å². The van der Waals surface area contributed by atoms with Gasteiger partial charge in [-0.15, -0.1) is 0 Å². The van der Waals surface area contributed by atoms with Crippen LogP contribution in [0.3, 0.4) is 0 Å². The number of hydrogen-bond donors (Lipinski definition) is 2. The lowest BCUT2D eigenvalue weighted by Crippen LogP contribution is -2.48. The fourth-order valence-corrected chi connectivity index (χ4v) is 1.71. The minimum Gasteiger partial charge on any atom is -0.368 e. The van der Waals surface area contributed by atoms with Crippen LogP contribution in [0.25, 0.3) is 0 Å². The number of likely N-dealkylation sites (N-methyl/N-ethyl adjacent to an activating group) is 1. The van der Waals surface area contributed by atoms with Crippen molar-refractivity contribution in [2.24, 2.45) is 5.73 Å². The van der Waals surface area contributed by atoms with Gasteiger partial charge in [-0.3, -0.25) is 4.79 Å². The Bertz CT molecular complexity index is 403. The van der Waals surface area contributed by atoms with Crippen LogP contribution in [-0.2, 0) is 15.7 Å². The van der Waals surface area contributed by atoms with Gasteiger partial charge < -0.3 is 11.1 Å². The molecule has 0 radical (unpaired) electrons. The molecule has 17 heavy (non-hydrogen) atoms. The van der Waals surface area contributed by atoms with E-state index in [4.69, 9.17) is 5.73 Å². The Balaban J connectivity index is 3.14. The van der Waals surface area contributed by atoms with Crippen LogP contribution in [0.2, 0.25) is 0 Å². The van der Waals surface area contributed by atoms with Crippen LogP contribution in [-0.4, -0.2) is 13.0 Å². The summed E-state index contributed by atoms with van der Waals surface area (Å²) in [5.74, 6) is -0.372. The Morgan fingerprint density at radius 3 is 1.76 bits per heavy atom. The van der Waals surface area contributed by atoms with E-state index in [0.717, 1.165) is 5.56 Å². The summed E-state index contributed by atoms with van der Waals surface area (Å²) in [6.07, 6.45) is 0. The lowest BCUT2D eigenvalue weighted by atomic mass is 9.84. The Morgan fingerprint density at radius 2 is 1.47 bits per heavy atom. The van der Waals surface area contributed by atoms with Crippen molar-refractivity contribution in [3.63, 3.8) is 0 Å². The number of rotatable bonds is 3. The highest BCUT2D eigenvalue weighted by molar-refractivity contribution is 5.85. The Hall–Kier alpha value is -1.35. The summed E-state index contributed by atoms with van der Waals surface area (Å²) >= 11 is 0. The Kier molecular flexibility index (Phi) is 3.62. The van der Waals surface area contributed by atoms with Crippen LogP contribution in [0.5, 0.6) is 0 Å². The third-order valence-corrected chi connectivity index (χ3v) is 3.32. The van der Waals surface area contributed by atoms with Crippen LogP contribution in [0.15, 0.2) is 24.3 Å². The minimum atomic E-state index is -0.809. The van der Waals surface area contributed by atoms with Crippen molar-refractivity contribution >= 4 is 5.91 Å². The summed E-state index contributed by atoms with van der Waals surface area (Å²) in [7, 11) is 1.74. The van der Waals surface area contributed by atoms with Crippen molar-refractivity contribution in [1.29, 1.82) is 0 Å². The number of carbonyl (C=O) groups is 1. The molecule has 0 spiro atoms. The third kappa shape index (κ3) is 2.67. The second-order valence-corrected chi connectivity index (χ2v) is 5.57. The maximum Gasteiger partial charge on any atom is 0.242 e. The molecule has 1 aromatic rings. The van der Waals surface area contributed by atoms with Crippen molar-refractivity contribution in [2.45, 2.75) is 38.6 Å². The van der Waals surface area contributed by atoms with E-state index in [1.165, 1.54) is 5.56 Å². The zero-order valence-corrected chi connectivity index (χ0v) is 11.3. The molecule has 3 nitrogen and oxygen atoms in total. The van der Waals surface area contributed by atoms with Gasteiger partial charge in [-0.2, -0.15) is 0 Å². The molecule has 1 atom stereocenters. The highest BCUT2D eigenvalue weighted by Crippen LogP contribution is 2.26. The van der Waals surface area contributed by atoms with Crippen LogP contribution in [0.1, 0.15) is 38.8 Å². The van der Waals surface area contributed by atoms with Gasteiger partial charge in [0.2, 0.25) is 5.91 Å². The number of primary amides is 1. The third-order valence-electron chi connectivity index (χ3n) is 3.32. The van der Waals surface area contributed by atoms with Gasteiger partial charge in [-0.25, -0.2) is 0 Å². The van der Waals surface area contributed by atoms with Gasteiger partial charge in [0, 0.05) is 0 Å². The predicted octanol–water partition coefficient (Wildman–Crippen LogP) is 1.90. The molecule has 3 heteroatoms. The zero-order valence-electron chi connectivity index (χ0n) is 11.3. The van der Waals surface area contributed by atoms with E-state index < -0.39 is 5.54 Å². The fourth-order valence-electron chi connectivity index (χ4n) is 1.71. The average molecular weight is 234 g/mol. The van der Waals surface area contributed by atoms with Crippen molar-refractivity contribution in [3.05, 3.63) is 35.4 Å². The molecule has 3 N–H and O–H groups in total. The summed E-state index contributed by atoms with van der Waals surface area (Å²) in [6.45, 7) is 8.27. The lowest BCUT2D eigenvalue weighted by Gasteiger charge is -2.27. The topological polar surface area (TPSA) is 55.1 Å². The van der Waals surface area contributed by atoms with E-state index >= 15 is 0 Å². The van der Waals surface area contributed by atoms with Crippen molar-refractivity contribution < 1.29 is 4.79 Å². The summed E-state index contributed by atoms with van der Waals surface area (Å²) in [4.78, 5) is 11.5. The van der Waals surface area contributed by atoms with E-state index in [-0.39, 0.29) is 11.3 Å². The number of amides is 1. The first-order valence-corrected chi connectivity index (χ1v) is 5.81. The number of nitrogens with two attached hydrogens (primary N) is 1. The fraction of sp³-hybridized carbons (Fsp3) is 0.500. The molecule has 0 aliphatic rings. The summed E-state index contributed by atoms with van der Waals surface area (Å²) < 4.78 is 0. The van der Waals surface area contributed by atoms with Crippen LogP contribution in [0.4, 0.5) is 0 Å². The molecule has 0 bridgehead atoms. The second kappa shape index (κ2) is 4.49. The molecule has 0 saturated carbocycles. The highest BCUT2D eigenvalue weighted by Gasteiger charge is 2.31. The molecule has 0 aliphatic carbocycles. The Labute approximate surface area is 103 Å². The molecule has 0 aromatic heterocycles. The molecule has 0 saturated heterocycles. The molecule has 94 valence electrons. The van der Waals surface area contributed by atoms with E-state index in [9.17, 15) is 4.79 Å². The van der Waals surface area contributed by atoms with Crippen LogP contribution >= 0.6 is 0 Å². The van der Waals surface area contributed by atoms with Gasteiger partial charge in [-0.05, 0) is 30.5 Å². The number of carbonyl (C=O) groups excluding carboxylic acids is 1. The smallest absolute Gasteiger partial charge is 0.242 e. The zero-order chi connectivity index (χ0) is 13.3. The van der Waals surface area contributed by atoms with Crippen molar-refractivity contribution in [2.75, 3.05) is 7.05 Å². The molecule has 1 amide bonds. The van der Waals surface area contributed by atoms with Crippen molar-refractivity contribution in [3.8, 4) is 0 Å². The average Bonchev–Trinajstić information content (AvgIpc) is 2.26. The van der Waals surface area contributed by atoms with E-state index in [1.54, 1.807) is 14.0 Å². The van der Waals surface area contributed by atoms with Crippen LogP contribution in [0, 0.1) is 0 Å². The molecule has 1 aromatic carbocycles. The molecular weight excluding hydrogens is 212 g/mol. The maximum absolute atomic E-state index is 11.5. The van der Waals surface area contributed by atoms with Gasteiger partial charge in [0.15, 0.2) is 0 Å². The largest absolute Gasteiger partial charge is 0.368 e. The molecular formula is C14H22N2O. The number of benzene rings is 1. The van der Waals surface area contributed by atoms with Gasteiger partial charge in [0.25, 0.3) is 0 Å². The second-order valence-electron chi connectivity index (χ2n) is 5.57. The number of hydrogen-bond acceptors (Lipinski definition) is 2. The number of nitrogens with one attached hydrogen (secondary N) is 1. The van der Waals surface area contributed by atoms with E-state index in [0.29, 0.717) is 0 Å². The van der Waals surface area contributed by atoms with E-state index in [1.807, 2.05) is 24.3 Å². The molecule has 0 fully saturated rings. The first-order valence-electron chi connectivity index (χ1n) is 5.81. The molecule has 1 rings (SSSR count). The van der Waals surface area contributed by atoms with Gasteiger partial charge >= 0.3 is 0 Å².